The molecule has 3 heterocycles. The third-order valence-electron chi connectivity index (χ3n) is 4.28. The molecule has 132 valence electrons. The van der Waals surface area contributed by atoms with E-state index in [-0.39, 0.29) is 0 Å². The fourth-order valence-corrected chi connectivity index (χ4v) is 3.28. The van der Waals surface area contributed by atoms with Crippen molar-refractivity contribution in [2.75, 3.05) is 0 Å². The van der Waals surface area contributed by atoms with Gasteiger partial charge in [-0.15, -0.1) is 5.10 Å². The molecule has 0 N–H and O–H groups in total. The molecule has 0 radical (unpaired) electrons. The Hall–Kier alpha value is -2.74. The van der Waals surface area contributed by atoms with E-state index in [0.29, 0.717) is 34.8 Å². The first kappa shape index (κ1) is 16.7. The Labute approximate surface area is 154 Å². The Morgan fingerprint density at radius 3 is 2.65 bits per heavy atom. The van der Waals surface area contributed by atoms with Gasteiger partial charge >= 0.3 is 0 Å². The molecule has 7 nitrogen and oxygen atoms in total. The van der Waals surface area contributed by atoms with Crippen LogP contribution in [0, 0.1) is 20.8 Å². The molecule has 1 aromatic carbocycles. The number of fused-ring (bicyclic) bond motifs is 1. The van der Waals surface area contributed by atoms with Crippen LogP contribution in [0.5, 0.6) is 0 Å². The van der Waals surface area contributed by atoms with E-state index in [4.69, 9.17) is 4.52 Å². The Balaban J connectivity index is 1.46. The van der Waals surface area contributed by atoms with E-state index in [1.807, 2.05) is 51.1 Å². The predicted molar refractivity (Wildman–Crippen MR) is 98.1 cm³/mol. The summed E-state index contributed by atoms with van der Waals surface area (Å²) in [5.41, 5.74) is 4.31. The van der Waals surface area contributed by atoms with Crippen LogP contribution in [-0.4, -0.2) is 29.7 Å². The maximum absolute atomic E-state index is 5.33. The van der Waals surface area contributed by atoms with Gasteiger partial charge in [-0.25, -0.2) is 9.50 Å². The highest BCUT2D eigenvalue weighted by molar-refractivity contribution is 7.98. The van der Waals surface area contributed by atoms with Gasteiger partial charge in [-0.3, -0.25) is 0 Å². The molecule has 0 unspecified atom stereocenters. The van der Waals surface area contributed by atoms with Crippen LogP contribution < -0.4 is 0 Å². The molecular weight excluding hydrogens is 348 g/mol. The summed E-state index contributed by atoms with van der Waals surface area (Å²) in [4.78, 5) is 13.4. The van der Waals surface area contributed by atoms with Crippen molar-refractivity contribution in [3.8, 4) is 0 Å². The van der Waals surface area contributed by atoms with Crippen molar-refractivity contribution in [3.05, 3.63) is 64.6 Å². The zero-order valence-electron chi connectivity index (χ0n) is 14.8. The molecule has 0 spiro atoms. The summed E-state index contributed by atoms with van der Waals surface area (Å²) < 4.78 is 7.11. The van der Waals surface area contributed by atoms with Gasteiger partial charge in [0.25, 0.3) is 5.78 Å². The molecule has 0 aliphatic carbocycles. The normalized spacial score (nSPS) is 11.3. The van der Waals surface area contributed by atoms with Crippen molar-refractivity contribution in [3.63, 3.8) is 0 Å². The minimum atomic E-state index is 0.523. The molecule has 0 aliphatic heterocycles. The van der Waals surface area contributed by atoms with Crippen LogP contribution in [0.4, 0.5) is 0 Å². The van der Waals surface area contributed by atoms with Crippen LogP contribution in [0.25, 0.3) is 5.78 Å². The zero-order chi connectivity index (χ0) is 18.1. The second-order valence-corrected chi connectivity index (χ2v) is 7.01. The van der Waals surface area contributed by atoms with E-state index >= 15 is 0 Å². The quantitative estimate of drug-likeness (QED) is 0.501. The van der Waals surface area contributed by atoms with Crippen molar-refractivity contribution < 1.29 is 4.52 Å². The average Bonchev–Trinajstić information content (AvgIpc) is 3.25. The first-order valence-corrected chi connectivity index (χ1v) is 9.27. The van der Waals surface area contributed by atoms with E-state index in [1.165, 1.54) is 11.8 Å². The van der Waals surface area contributed by atoms with Crippen molar-refractivity contribution in [2.45, 2.75) is 38.1 Å². The molecule has 0 amide bonds. The van der Waals surface area contributed by atoms with E-state index in [9.17, 15) is 0 Å². The lowest BCUT2D eigenvalue weighted by molar-refractivity contribution is 0.385. The number of nitrogens with zero attached hydrogens (tertiary/aromatic N) is 6. The lowest BCUT2D eigenvalue weighted by Crippen LogP contribution is -2.02. The standard InChI is InChI=1S/C18H18N6OS/c1-11-12(2)19-17-21-18(22-24(17)13(11)3)26-10-16-20-15(23-25-16)9-14-7-5-4-6-8-14/h4-8H,9-10H2,1-3H3. The second kappa shape index (κ2) is 6.87. The lowest BCUT2D eigenvalue weighted by Gasteiger charge is -2.04. The smallest absolute Gasteiger partial charge is 0.253 e. The van der Waals surface area contributed by atoms with Crippen LogP contribution in [0.15, 0.2) is 40.0 Å². The van der Waals surface area contributed by atoms with Gasteiger partial charge in [0.05, 0.1) is 5.75 Å². The molecule has 0 fully saturated rings. The summed E-state index contributed by atoms with van der Waals surface area (Å²) in [5, 5.41) is 9.21. The Kier molecular flexibility index (Phi) is 4.42. The van der Waals surface area contributed by atoms with E-state index in [0.717, 1.165) is 22.5 Å². The SMILES string of the molecule is Cc1nc2nc(SCc3nc(Cc4ccccc4)no3)nn2c(C)c1C. The minimum Gasteiger partial charge on any atom is -0.338 e. The fraction of sp³-hybridized carbons (Fsp3) is 0.278. The topological polar surface area (TPSA) is 82.0 Å². The highest BCUT2D eigenvalue weighted by atomic mass is 32.2. The van der Waals surface area contributed by atoms with Crippen LogP contribution >= 0.6 is 11.8 Å². The number of aromatic nitrogens is 6. The van der Waals surface area contributed by atoms with Gasteiger partial charge in [-0.2, -0.15) is 9.97 Å². The molecule has 4 aromatic rings. The number of hydrogen-bond donors (Lipinski definition) is 0. The minimum absolute atomic E-state index is 0.523. The molecule has 26 heavy (non-hydrogen) atoms. The molecule has 8 heteroatoms. The third kappa shape index (κ3) is 3.32. The molecule has 4 rings (SSSR count). The summed E-state index contributed by atoms with van der Waals surface area (Å²) in [6.45, 7) is 6.04. The average molecular weight is 366 g/mol. The van der Waals surface area contributed by atoms with Crippen molar-refractivity contribution in [2.24, 2.45) is 0 Å². The van der Waals surface area contributed by atoms with Crippen LogP contribution in [0.1, 0.15) is 34.2 Å². The number of aryl methyl sites for hydroxylation is 2. The molecule has 0 aliphatic rings. The third-order valence-corrected chi connectivity index (χ3v) is 5.10. The Morgan fingerprint density at radius 2 is 1.85 bits per heavy atom. The van der Waals surface area contributed by atoms with Crippen molar-refractivity contribution in [1.82, 2.24) is 29.7 Å². The van der Waals surface area contributed by atoms with Crippen molar-refractivity contribution in [1.29, 1.82) is 0 Å². The second-order valence-electron chi connectivity index (χ2n) is 6.07. The lowest BCUT2D eigenvalue weighted by atomic mass is 10.1. The summed E-state index contributed by atoms with van der Waals surface area (Å²) >= 11 is 1.46. The summed E-state index contributed by atoms with van der Waals surface area (Å²) in [7, 11) is 0. The van der Waals surface area contributed by atoms with E-state index in [2.05, 4.69) is 25.2 Å². The first-order valence-electron chi connectivity index (χ1n) is 8.29. The number of hydrogen-bond acceptors (Lipinski definition) is 7. The monoisotopic (exact) mass is 366 g/mol. The molecular formula is C18H18N6OS. The maximum Gasteiger partial charge on any atom is 0.253 e. The fourth-order valence-electron chi connectivity index (χ4n) is 2.62. The van der Waals surface area contributed by atoms with Gasteiger partial charge in [-0.1, -0.05) is 47.3 Å². The summed E-state index contributed by atoms with van der Waals surface area (Å²) in [5.74, 6) is 2.38. The van der Waals surface area contributed by atoms with Gasteiger partial charge in [0.2, 0.25) is 11.0 Å². The predicted octanol–water partition coefficient (Wildman–Crippen LogP) is 3.32. The van der Waals surface area contributed by atoms with Gasteiger partial charge < -0.3 is 4.52 Å². The number of rotatable bonds is 5. The Morgan fingerprint density at radius 1 is 1.04 bits per heavy atom. The van der Waals surface area contributed by atoms with Crippen LogP contribution in [0.2, 0.25) is 0 Å². The Bertz CT molecular complexity index is 1060. The highest BCUT2D eigenvalue weighted by Gasteiger charge is 2.13. The van der Waals surface area contributed by atoms with E-state index in [1.54, 1.807) is 4.52 Å². The zero-order valence-corrected chi connectivity index (χ0v) is 15.6. The van der Waals surface area contributed by atoms with Gasteiger partial charge in [0.1, 0.15) is 0 Å². The maximum atomic E-state index is 5.33. The highest BCUT2D eigenvalue weighted by Crippen LogP contribution is 2.21. The number of thioether (sulfide) groups is 1. The van der Waals surface area contributed by atoms with Crippen LogP contribution in [-0.2, 0) is 12.2 Å². The number of benzene rings is 1. The van der Waals surface area contributed by atoms with Gasteiger partial charge in [0, 0.05) is 17.8 Å². The summed E-state index contributed by atoms with van der Waals surface area (Å²) in [6.07, 6.45) is 0.656. The largest absolute Gasteiger partial charge is 0.338 e. The molecule has 0 saturated carbocycles. The van der Waals surface area contributed by atoms with Gasteiger partial charge in [0.15, 0.2) is 5.82 Å². The van der Waals surface area contributed by atoms with Crippen molar-refractivity contribution >= 4 is 17.5 Å². The van der Waals surface area contributed by atoms with E-state index < -0.39 is 0 Å². The molecule has 0 saturated heterocycles. The first-order chi connectivity index (χ1) is 12.6. The summed E-state index contributed by atoms with van der Waals surface area (Å²) in [6, 6.07) is 10.1. The van der Waals surface area contributed by atoms with Crippen LogP contribution in [0.3, 0.4) is 0 Å². The molecule has 3 aromatic heterocycles. The molecule has 0 bridgehead atoms. The van der Waals surface area contributed by atoms with Gasteiger partial charge in [-0.05, 0) is 31.9 Å². The molecule has 0 atom stereocenters.